The van der Waals surface area contributed by atoms with Crippen LogP contribution in [-0.4, -0.2) is 41.0 Å². The van der Waals surface area contributed by atoms with Crippen molar-refractivity contribution in [3.63, 3.8) is 0 Å². The largest absolute Gasteiger partial charge is 0.338 e. The number of anilines is 2. The van der Waals surface area contributed by atoms with Crippen LogP contribution in [-0.2, 0) is 0 Å². The van der Waals surface area contributed by atoms with Crippen molar-refractivity contribution in [2.24, 2.45) is 0 Å². The number of rotatable bonds is 5. The number of nitrogens with zero attached hydrogens (tertiary/aromatic N) is 5. The molecule has 10 nitrogen and oxygen atoms in total. The minimum absolute atomic E-state index is 0.238. The van der Waals surface area contributed by atoms with E-state index in [0.29, 0.717) is 38.3 Å². The number of amides is 2. The average Bonchev–Trinajstić information content (AvgIpc) is 3.53. The molecular weight excluding hydrogens is 460 g/mol. The fourth-order valence-corrected chi connectivity index (χ4v) is 4.29. The van der Waals surface area contributed by atoms with Gasteiger partial charge in [0, 0.05) is 16.9 Å². The molecule has 164 valence electrons. The highest BCUT2D eigenvalue weighted by Crippen LogP contribution is 2.25. The molecule has 0 atom stereocenters. The lowest BCUT2D eigenvalue weighted by Gasteiger charge is -2.04. The smallest absolute Gasteiger partial charge is 0.269 e. The van der Waals surface area contributed by atoms with Gasteiger partial charge in [-0.05, 0) is 79.4 Å². The molecule has 0 saturated carbocycles. The predicted molar refractivity (Wildman–Crippen MR) is 127 cm³/mol. The maximum absolute atomic E-state index is 12.4. The highest BCUT2D eigenvalue weighted by atomic mass is 32.1. The van der Waals surface area contributed by atoms with E-state index in [1.54, 1.807) is 32.0 Å². The van der Waals surface area contributed by atoms with Crippen molar-refractivity contribution in [3.8, 4) is 11.4 Å². The lowest BCUT2D eigenvalue weighted by Crippen LogP contribution is -2.11. The molecule has 0 bridgehead atoms. The van der Waals surface area contributed by atoms with Crippen LogP contribution in [0.1, 0.15) is 30.7 Å². The molecule has 0 aliphatic rings. The summed E-state index contributed by atoms with van der Waals surface area (Å²) in [7, 11) is 0. The lowest BCUT2D eigenvalue weighted by molar-refractivity contribution is 0.102. The van der Waals surface area contributed by atoms with Gasteiger partial charge in [-0.1, -0.05) is 8.98 Å². The zero-order chi connectivity index (χ0) is 22.9. The summed E-state index contributed by atoms with van der Waals surface area (Å²) in [6.07, 6.45) is 0. The summed E-state index contributed by atoms with van der Waals surface area (Å²) < 4.78 is 7.58. The van der Waals surface area contributed by atoms with E-state index in [1.165, 1.54) is 0 Å². The van der Waals surface area contributed by atoms with E-state index >= 15 is 0 Å². The maximum atomic E-state index is 12.4. The average molecular weight is 477 g/mol. The Morgan fingerprint density at radius 2 is 1.39 bits per heavy atom. The van der Waals surface area contributed by atoms with Gasteiger partial charge in [0.1, 0.15) is 15.6 Å². The van der Waals surface area contributed by atoms with Gasteiger partial charge in [0.25, 0.3) is 11.8 Å². The lowest BCUT2D eigenvalue weighted by atomic mass is 10.2. The van der Waals surface area contributed by atoms with Crippen molar-refractivity contribution in [2.45, 2.75) is 13.8 Å². The van der Waals surface area contributed by atoms with Crippen LogP contribution in [0.2, 0.25) is 0 Å². The Kier molecular flexibility index (Phi) is 5.36. The summed E-state index contributed by atoms with van der Waals surface area (Å²) in [5, 5.41) is 13.4. The number of H-pyrrole nitrogens is 1. The number of carbonyl (C=O) groups is 2. The zero-order valence-electron chi connectivity index (χ0n) is 17.4. The molecule has 33 heavy (non-hydrogen) atoms. The number of imidazole rings is 1. The van der Waals surface area contributed by atoms with Gasteiger partial charge >= 0.3 is 0 Å². The number of fused-ring (bicyclic) bond motifs is 1. The predicted octanol–water partition coefficient (Wildman–Crippen LogP) is 4.05. The number of aromatic nitrogens is 6. The van der Waals surface area contributed by atoms with Gasteiger partial charge in [0.2, 0.25) is 0 Å². The van der Waals surface area contributed by atoms with Crippen LogP contribution >= 0.6 is 23.1 Å². The second-order valence-corrected chi connectivity index (χ2v) is 8.69. The SMILES string of the molecule is Cc1nnsc1C(=O)Nc1ccc(-c2nc3ccc(NC(=O)c4snnc4C)cc3[nH]2)cc1. The monoisotopic (exact) mass is 476 g/mol. The number of hydrogen-bond acceptors (Lipinski definition) is 9. The molecule has 3 aromatic heterocycles. The number of carbonyl (C=O) groups excluding carboxylic acids is 2. The van der Waals surface area contributed by atoms with E-state index < -0.39 is 0 Å². The van der Waals surface area contributed by atoms with Crippen molar-refractivity contribution >= 4 is 57.3 Å². The Morgan fingerprint density at radius 3 is 1.97 bits per heavy atom. The molecule has 0 unspecified atom stereocenters. The van der Waals surface area contributed by atoms with Crippen molar-refractivity contribution in [1.82, 2.24) is 29.1 Å². The van der Waals surface area contributed by atoms with Crippen molar-refractivity contribution in [2.75, 3.05) is 10.6 Å². The molecule has 0 spiro atoms. The third-order valence-electron chi connectivity index (χ3n) is 4.87. The van der Waals surface area contributed by atoms with E-state index in [0.717, 1.165) is 39.7 Å². The summed E-state index contributed by atoms with van der Waals surface area (Å²) in [5.41, 5.74) is 4.91. The van der Waals surface area contributed by atoms with E-state index in [2.05, 4.69) is 39.8 Å². The molecule has 2 aromatic carbocycles. The summed E-state index contributed by atoms with van der Waals surface area (Å²) >= 11 is 2.13. The standard InChI is InChI=1S/C21H16N8O2S2/c1-10-17(32-28-26-10)20(30)22-13-5-3-12(4-6-13)19-24-15-8-7-14(9-16(15)25-19)23-21(31)18-11(2)27-29-33-18/h3-9H,1-2H3,(H,22,30)(H,23,31)(H,24,25). The first-order chi connectivity index (χ1) is 16.0. The minimum Gasteiger partial charge on any atom is -0.338 e. The Bertz CT molecular complexity index is 1490. The van der Waals surface area contributed by atoms with E-state index in [-0.39, 0.29) is 11.8 Å². The van der Waals surface area contributed by atoms with Gasteiger partial charge in [0.05, 0.1) is 22.4 Å². The molecule has 5 aromatic rings. The third-order valence-corrected chi connectivity index (χ3v) is 6.52. The fourth-order valence-electron chi connectivity index (χ4n) is 3.19. The van der Waals surface area contributed by atoms with Gasteiger partial charge in [0.15, 0.2) is 0 Å². The summed E-state index contributed by atoms with van der Waals surface area (Å²) in [4.78, 5) is 33.6. The van der Waals surface area contributed by atoms with Crippen LogP contribution < -0.4 is 10.6 Å². The number of benzene rings is 2. The van der Waals surface area contributed by atoms with Crippen molar-refractivity contribution in [1.29, 1.82) is 0 Å². The third kappa shape index (κ3) is 4.21. The molecule has 0 radical (unpaired) electrons. The Morgan fingerprint density at radius 1 is 0.818 bits per heavy atom. The van der Waals surface area contributed by atoms with Gasteiger partial charge in [-0.15, -0.1) is 10.2 Å². The minimum atomic E-state index is -0.247. The van der Waals surface area contributed by atoms with Gasteiger partial charge in [-0.25, -0.2) is 4.98 Å². The van der Waals surface area contributed by atoms with E-state index in [1.807, 2.05) is 24.3 Å². The highest BCUT2D eigenvalue weighted by molar-refractivity contribution is 7.08. The van der Waals surface area contributed by atoms with E-state index in [4.69, 9.17) is 0 Å². The van der Waals surface area contributed by atoms with Crippen LogP contribution in [0.4, 0.5) is 11.4 Å². The van der Waals surface area contributed by atoms with Crippen LogP contribution in [0.15, 0.2) is 42.5 Å². The van der Waals surface area contributed by atoms with Gasteiger partial charge < -0.3 is 15.6 Å². The molecule has 0 saturated heterocycles. The van der Waals surface area contributed by atoms with Crippen LogP contribution in [0.3, 0.4) is 0 Å². The first-order valence-electron chi connectivity index (χ1n) is 9.79. The Labute approximate surface area is 195 Å². The number of nitrogens with one attached hydrogen (secondary N) is 3. The van der Waals surface area contributed by atoms with Crippen molar-refractivity contribution in [3.05, 3.63) is 63.6 Å². The summed E-state index contributed by atoms with van der Waals surface area (Å²) in [6.45, 7) is 3.49. The molecular formula is C21H16N8O2S2. The van der Waals surface area contributed by atoms with Crippen molar-refractivity contribution < 1.29 is 9.59 Å². The molecule has 0 aliphatic carbocycles. The molecule has 0 fully saturated rings. The Balaban J connectivity index is 1.32. The summed E-state index contributed by atoms with van der Waals surface area (Å²) in [6, 6.07) is 12.8. The van der Waals surface area contributed by atoms with Gasteiger partial charge in [-0.3, -0.25) is 9.59 Å². The van der Waals surface area contributed by atoms with E-state index in [9.17, 15) is 9.59 Å². The molecule has 12 heteroatoms. The fraction of sp³-hybridized carbons (Fsp3) is 0.0952. The second kappa shape index (κ2) is 8.48. The number of aromatic amines is 1. The topological polar surface area (TPSA) is 138 Å². The van der Waals surface area contributed by atoms with Crippen LogP contribution in [0, 0.1) is 13.8 Å². The quantitative estimate of drug-likeness (QED) is 0.348. The van der Waals surface area contributed by atoms with Gasteiger partial charge in [-0.2, -0.15) is 0 Å². The van der Waals surface area contributed by atoms with Crippen LogP contribution in [0.5, 0.6) is 0 Å². The number of aryl methyl sites for hydroxylation is 2. The first-order valence-corrected chi connectivity index (χ1v) is 11.3. The molecule has 5 rings (SSSR count). The highest BCUT2D eigenvalue weighted by Gasteiger charge is 2.15. The second-order valence-electron chi connectivity index (χ2n) is 7.18. The normalized spacial score (nSPS) is 11.0. The summed E-state index contributed by atoms with van der Waals surface area (Å²) in [5.74, 6) is 0.192. The Hall–Kier alpha value is -4.03. The molecule has 3 heterocycles. The van der Waals surface area contributed by atoms with Crippen LogP contribution in [0.25, 0.3) is 22.4 Å². The number of hydrogen-bond donors (Lipinski definition) is 3. The zero-order valence-corrected chi connectivity index (χ0v) is 19.0. The first kappa shape index (κ1) is 20.8. The molecule has 3 N–H and O–H groups in total. The molecule has 2 amide bonds. The maximum Gasteiger partial charge on any atom is 0.269 e. The molecule has 0 aliphatic heterocycles.